The van der Waals surface area contributed by atoms with Crippen molar-refractivity contribution in [3.63, 3.8) is 0 Å². The molecule has 2 aliphatic heterocycles. The van der Waals surface area contributed by atoms with Gasteiger partial charge in [0.2, 0.25) is 5.95 Å². The Kier molecular flexibility index (Phi) is 9.06. The summed E-state index contributed by atoms with van der Waals surface area (Å²) < 4.78 is 26.6. The summed E-state index contributed by atoms with van der Waals surface area (Å²) >= 11 is 0. The second-order valence-corrected chi connectivity index (χ2v) is 15.3. The van der Waals surface area contributed by atoms with Crippen LogP contribution in [-0.4, -0.2) is 65.2 Å². The second-order valence-electron chi connectivity index (χ2n) is 15.3. The van der Waals surface area contributed by atoms with Crippen LogP contribution >= 0.6 is 0 Å². The monoisotopic (exact) mass is 670 g/mol. The first kappa shape index (κ1) is 34.2. The summed E-state index contributed by atoms with van der Waals surface area (Å²) in [4.78, 5) is 44.9. The first-order valence-electron chi connectivity index (χ1n) is 17.1. The highest BCUT2D eigenvalue weighted by atomic mass is 19.1. The van der Waals surface area contributed by atoms with Crippen molar-refractivity contribution in [2.45, 2.75) is 116 Å². The molecular formula is C38H47FN6O4. The number of rotatable bonds is 5. The van der Waals surface area contributed by atoms with Crippen molar-refractivity contribution in [2.24, 2.45) is 0 Å². The lowest BCUT2D eigenvalue weighted by Gasteiger charge is -2.30. The summed E-state index contributed by atoms with van der Waals surface area (Å²) in [7, 11) is 0. The van der Waals surface area contributed by atoms with Crippen LogP contribution in [0.4, 0.5) is 14.0 Å². The van der Waals surface area contributed by atoms with Gasteiger partial charge in [-0.25, -0.2) is 19.6 Å². The number of carbonyl (C=O) groups excluding carboxylic acids is 2. The Morgan fingerprint density at radius 1 is 0.694 bits per heavy atom. The van der Waals surface area contributed by atoms with Gasteiger partial charge in [-0.05, 0) is 97.8 Å². The van der Waals surface area contributed by atoms with Crippen molar-refractivity contribution in [2.75, 3.05) is 0 Å². The molecule has 2 N–H and O–H groups in total. The average molecular weight is 671 g/mol. The van der Waals surface area contributed by atoms with E-state index in [0.717, 1.165) is 47.5 Å². The number of nitrogens with one attached hydrogen (secondary N) is 2. The molecule has 0 spiro atoms. The summed E-state index contributed by atoms with van der Waals surface area (Å²) in [6.07, 6.45) is 4.22. The number of ether oxygens (including phenoxy) is 2. The van der Waals surface area contributed by atoms with E-state index in [1.807, 2.05) is 104 Å². The summed E-state index contributed by atoms with van der Waals surface area (Å²) in [5, 5.41) is 0. The number of carbonyl (C=O) groups is 2. The maximum atomic E-state index is 15.2. The van der Waals surface area contributed by atoms with E-state index in [9.17, 15) is 9.59 Å². The molecule has 0 radical (unpaired) electrons. The van der Waals surface area contributed by atoms with Crippen LogP contribution in [0.25, 0.3) is 33.6 Å². The van der Waals surface area contributed by atoms with Crippen molar-refractivity contribution >= 4 is 12.2 Å². The largest absolute Gasteiger partial charge is 0.444 e. The summed E-state index contributed by atoms with van der Waals surface area (Å²) in [6, 6.07) is 15.2. The third kappa shape index (κ3) is 7.35. The van der Waals surface area contributed by atoms with Gasteiger partial charge >= 0.3 is 12.2 Å². The number of nitrogens with zero attached hydrogens (tertiary/aromatic N) is 4. The number of amides is 2. The molecule has 2 unspecified atom stereocenters. The van der Waals surface area contributed by atoms with E-state index in [1.165, 1.54) is 0 Å². The quantitative estimate of drug-likeness (QED) is 0.219. The molecule has 2 aromatic heterocycles. The topological polar surface area (TPSA) is 116 Å². The standard InChI is InChI=1S/C38H47FN6O4/c1-22-9-19-29(44(22)35(46)48-37(3,4)5)33-40-21-28(41-33)26-15-11-24(12-16-26)25-13-17-27(18-14-25)31-32(39)43-34(42-31)30-20-10-23(2)45(30)36(47)49-38(6,7)8/h11-18,21-23,29-30H,9-10,19-20H2,1-8H3,(H,40,41)(H,42,43)/t22-,23?,29-,30?/m0/s1. The fourth-order valence-corrected chi connectivity index (χ4v) is 6.78. The van der Waals surface area contributed by atoms with Crippen molar-refractivity contribution in [1.29, 1.82) is 0 Å². The maximum absolute atomic E-state index is 15.2. The van der Waals surface area contributed by atoms with E-state index in [-0.39, 0.29) is 36.0 Å². The van der Waals surface area contributed by atoms with Crippen molar-refractivity contribution in [1.82, 2.24) is 29.7 Å². The Hall–Kier alpha value is -4.67. The fourth-order valence-electron chi connectivity index (χ4n) is 6.78. The first-order valence-corrected chi connectivity index (χ1v) is 17.1. The molecule has 2 aliphatic rings. The van der Waals surface area contributed by atoms with Crippen LogP contribution in [0.1, 0.15) is 105 Å². The number of hydrogen-bond donors (Lipinski definition) is 2. The Balaban J connectivity index is 1.15. The molecule has 4 aromatic rings. The van der Waals surface area contributed by atoms with Gasteiger partial charge < -0.3 is 19.4 Å². The molecule has 4 heterocycles. The average Bonchev–Trinajstić information content (AvgIpc) is 3.81. The molecule has 2 amide bonds. The van der Waals surface area contributed by atoms with Crippen LogP contribution in [-0.2, 0) is 9.47 Å². The van der Waals surface area contributed by atoms with Gasteiger partial charge in [-0.1, -0.05) is 48.5 Å². The van der Waals surface area contributed by atoms with Gasteiger partial charge in [-0.15, -0.1) is 0 Å². The highest BCUT2D eigenvalue weighted by molar-refractivity contribution is 5.73. The highest BCUT2D eigenvalue weighted by Crippen LogP contribution is 2.39. The van der Waals surface area contributed by atoms with E-state index >= 15 is 4.39 Å². The van der Waals surface area contributed by atoms with E-state index in [1.54, 1.807) is 16.0 Å². The summed E-state index contributed by atoms with van der Waals surface area (Å²) in [5.74, 6) is 0.638. The van der Waals surface area contributed by atoms with Gasteiger partial charge in [0.25, 0.3) is 0 Å². The van der Waals surface area contributed by atoms with Crippen LogP contribution in [0.3, 0.4) is 0 Å². The molecule has 0 bridgehead atoms. The van der Waals surface area contributed by atoms with Gasteiger partial charge in [-0.2, -0.15) is 4.39 Å². The molecule has 11 heteroatoms. The zero-order valence-corrected chi connectivity index (χ0v) is 29.6. The third-order valence-corrected chi connectivity index (χ3v) is 9.14. The van der Waals surface area contributed by atoms with E-state index < -0.39 is 23.2 Å². The number of likely N-dealkylation sites (tertiary alicyclic amines) is 2. The Morgan fingerprint density at radius 3 is 1.63 bits per heavy atom. The van der Waals surface area contributed by atoms with Crippen molar-refractivity contribution in [3.05, 3.63) is 72.3 Å². The SMILES string of the molecule is CC1CCC(c2nc(-c3ccc(-c4ccc(-c5cnc([C@@H]6CC[C@H](C)N6C(=O)OC(C)(C)C)[nH]5)cc4)cc3)c(F)[nH]2)N1C(=O)OC(C)(C)C. The van der Waals surface area contributed by atoms with Crippen LogP contribution in [0.15, 0.2) is 54.7 Å². The molecule has 49 heavy (non-hydrogen) atoms. The van der Waals surface area contributed by atoms with Gasteiger partial charge in [0.05, 0.1) is 24.0 Å². The Morgan fingerprint density at radius 2 is 1.14 bits per heavy atom. The fraction of sp³-hybridized carbons (Fsp3) is 0.474. The predicted octanol–water partition coefficient (Wildman–Crippen LogP) is 9.19. The lowest BCUT2D eigenvalue weighted by atomic mass is 10.0. The van der Waals surface area contributed by atoms with E-state index in [0.29, 0.717) is 17.8 Å². The number of H-pyrrole nitrogens is 2. The van der Waals surface area contributed by atoms with Gasteiger partial charge in [0.15, 0.2) is 0 Å². The number of imidazole rings is 2. The lowest BCUT2D eigenvalue weighted by molar-refractivity contribution is 0.0140. The molecule has 10 nitrogen and oxygen atoms in total. The van der Waals surface area contributed by atoms with Crippen LogP contribution < -0.4 is 0 Å². The molecule has 2 aromatic carbocycles. The number of benzene rings is 2. The van der Waals surface area contributed by atoms with Crippen molar-refractivity contribution < 1.29 is 23.5 Å². The number of aromatic amines is 2. The van der Waals surface area contributed by atoms with Crippen LogP contribution in [0, 0.1) is 5.95 Å². The van der Waals surface area contributed by atoms with Crippen LogP contribution in [0.2, 0.25) is 0 Å². The number of aromatic nitrogens is 4. The van der Waals surface area contributed by atoms with E-state index in [2.05, 4.69) is 19.9 Å². The summed E-state index contributed by atoms with van der Waals surface area (Å²) in [5.41, 5.74) is 3.49. The molecule has 0 saturated carbocycles. The lowest BCUT2D eigenvalue weighted by Crippen LogP contribution is -2.40. The number of hydrogen-bond acceptors (Lipinski definition) is 6. The smallest absolute Gasteiger partial charge is 0.411 e. The minimum Gasteiger partial charge on any atom is -0.444 e. The zero-order valence-electron chi connectivity index (χ0n) is 29.6. The summed E-state index contributed by atoms with van der Waals surface area (Å²) in [6.45, 7) is 15.1. The molecule has 2 fully saturated rings. The molecule has 4 atom stereocenters. The van der Waals surface area contributed by atoms with E-state index in [4.69, 9.17) is 9.47 Å². The Bertz CT molecular complexity index is 1800. The normalized spacial score (nSPS) is 21.3. The molecule has 2 saturated heterocycles. The van der Waals surface area contributed by atoms with Gasteiger partial charge in [0.1, 0.15) is 28.5 Å². The molecule has 6 rings (SSSR count). The molecule has 260 valence electrons. The Labute approximate surface area is 287 Å². The molecular weight excluding hydrogens is 623 g/mol. The minimum atomic E-state index is -0.630. The van der Waals surface area contributed by atoms with Gasteiger partial charge in [-0.3, -0.25) is 9.80 Å². The van der Waals surface area contributed by atoms with Crippen LogP contribution in [0.5, 0.6) is 0 Å². The first-order chi connectivity index (χ1) is 23.1. The molecule has 0 aliphatic carbocycles. The predicted molar refractivity (Wildman–Crippen MR) is 186 cm³/mol. The third-order valence-electron chi connectivity index (χ3n) is 9.14. The second kappa shape index (κ2) is 13.0. The van der Waals surface area contributed by atoms with Crippen molar-refractivity contribution in [3.8, 4) is 33.6 Å². The minimum absolute atomic E-state index is 0.0388. The highest BCUT2D eigenvalue weighted by Gasteiger charge is 2.41. The maximum Gasteiger partial charge on any atom is 0.411 e. The number of halogens is 1. The zero-order chi connectivity index (χ0) is 35.2. The van der Waals surface area contributed by atoms with Gasteiger partial charge in [0, 0.05) is 17.6 Å².